The second-order valence-corrected chi connectivity index (χ2v) is 7.44. The zero-order valence-electron chi connectivity index (χ0n) is 17.2. The van der Waals surface area contributed by atoms with E-state index in [2.05, 4.69) is 0 Å². The standard InChI is InChI=1S/C23H21NO7/c1-28-16-7-12-15(10-17(16)29-2)23(27)24(5-3-4-6-25)21-13-8-18-19(31-11-30-18)9-14(13)22(26)20(12)21/h7-10,25H,3-6,11H2,1-2H3. The molecule has 1 N–H and O–H groups in total. The van der Waals surface area contributed by atoms with Crippen LogP contribution in [0.5, 0.6) is 23.0 Å². The Bertz CT molecular complexity index is 1290. The van der Waals surface area contributed by atoms with Crippen molar-refractivity contribution in [2.75, 3.05) is 27.6 Å². The van der Waals surface area contributed by atoms with E-state index in [4.69, 9.17) is 18.9 Å². The minimum atomic E-state index is -0.231. The lowest BCUT2D eigenvalue weighted by atomic mass is 10.0. The fraction of sp³-hybridized carbons (Fsp3) is 0.304. The van der Waals surface area contributed by atoms with Crippen LogP contribution in [0.4, 0.5) is 0 Å². The van der Waals surface area contributed by atoms with Crippen LogP contribution in [-0.4, -0.2) is 43.1 Å². The number of hydrogen-bond donors (Lipinski definition) is 1. The van der Waals surface area contributed by atoms with Gasteiger partial charge in [0.2, 0.25) is 6.79 Å². The van der Waals surface area contributed by atoms with Crippen molar-refractivity contribution in [2.45, 2.75) is 19.4 Å². The first-order chi connectivity index (χ1) is 15.1. The van der Waals surface area contributed by atoms with Crippen LogP contribution in [0.3, 0.4) is 0 Å². The molecule has 2 aliphatic rings. The lowest BCUT2D eigenvalue weighted by Crippen LogP contribution is -2.23. The number of methoxy groups -OCH3 is 2. The molecule has 8 heteroatoms. The molecule has 1 aliphatic carbocycles. The molecule has 0 fully saturated rings. The molecule has 1 aliphatic heterocycles. The first kappa shape index (κ1) is 19.4. The molecule has 0 bridgehead atoms. The number of ketones is 1. The summed E-state index contributed by atoms with van der Waals surface area (Å²) in [5.41, 5.74) is 1.88. The van der Waals surface area contributed by atoms with Crippen LogP contribution in [0.1, 0.15) is 28.8 Å². The van der Waals surface area contributed by atoms with Crippen LogP contribution in [0, 0.1) is 0 Å². The summed E-state index contributed by atoms with van der Waals surface area (Å²) in [7, 11) is 3.01. The maximum absolute atomic E-state index is 13.5. The van der Waals surface area contributed by atoms with Crippen LogP contribution in [0.15, 0.2) is 29.1 Å². The first-order valence-electron chi connectivity index (χ1n) is 10.0. The van der Waals surface area contributed by atoms with E-state index in [9.17, 15) is 14.7 Å². The Balaban J connectivity index is 1.85. The van der Waals surface area contributed by atoms with Gasteiger partial charge in [0.25, 0.3) is 5.56 Å². The molecule has 160 valence electrons. The molecule has 0 radical (unpaired) electrons. The summed E-state index contributed by atoms with van der Waals surface area (Å²) in [4.78, 5) is 27.1. The van der Waals surface area contributed by atoms with Crippen molar-refractivity contribution >= 4 is 16.6 Å². The van der Waals surface area contributed by atoms with Gasteiger partial charge < -0.3 is 28.6 Å². The highest BCUT2D eigenvalue weighted by atomic mass is 16.7. The highest BCUT2D eigenvalue weighted by molar-refractivity contribution is 6.27. The molecule has 1 aromatic heterocycles. The third-order valence-electron chi connectivity index (χ3n) is 5.80. The Morgan fingerprint density at radius 2 is 1.58 bits per heavy atom. The number of rotatable bonds is 6. The molecule has 3 aromatic rings. The van der Waals surface area contributed by atoms with E-state index >= 15 is 0 Å². The maximum atomic E-state index is 13.5. The number of carbonyl (C=O) groups excluding carboxylic acids is 1. The van der Waals surface area contributed by atoms with E-state index in [-0.39, 0.29) is 24.7 Å². The Labute approximate surface area is 177 Å². The molecule has 0 spiro atoms. The minimum Gasteiger partial charge on any atom is -0.493 e. The molecular weight excluding hydrogens is 402 g/mol. The van der Waals surface area contributed by atoms with E-state index in [0.717, 1.165) is 0 Å². The number of aliphatic hydroxyl groups is 1. The van der Waals surface area contributed by atoms with Gasteiger partial charge in [0.15, 0.2) is 28.8 Å². The van der Waals surface area contributed by atoms with E-state index < -0.39 is 0 Å². The zero-order chi connectivity index (χ0) is 21.7. The van der Waals surface area contributed by atoms with Crippen molar-refractivity contribution in [2.24, 2.45) is 0 Å². The quantitative estimate of drug-likeness (QED) is 0.477. The first-order valence-corrected chi connectivity index (χ1v) is 10.0. The monoisotopic (exact) mass is 423 g/mol. The summed E-state index contributed by atoms with van der Waals surface area (Å²) in [6.45, 7) is 0.494. The molecule has 0 unspecified atom stereocenters. The van der Waals surface area contributed by atoms with Crippen molar-refractivity contribution < 1.29 is 28.8 Å². The zero-order valence-corrected chi connectivity index (χ0v) is 17.2. The summed E-state index contributed by atoms with van der Waals surface area (Å²) in [6, 6.07) is 6.73. The summed E-state index contributed by atoms with van der Waals surface area (Å²) < 4.78 is 23.4. The van der Waals surface area contributed by atoms with Crippen LogP contribution in [0.25, 0.3) is 22.0 Å². The van der Waals surface area contributed by atoms with E-state index in [1.165, 1.54) is 14.2 Å². The minimum absolute atomic E-state index is 0.0315. The Hall–Kier alpha value is -3.52. The van der Waals surface area contributed by atoms with Gasteiger partial charge in [-0.2, -0.15) is 0 Å². The lowest BCUT2D eigenvalue weighted by molar-refractivity contribution is 0.104. The van der Waals surface area contributed by atoms with Gasteiger partial charge >= 0.3 is 0 Å². The summed E-state index contributed by atoms with van der Waals surface area (Å²) in [5.74, 6) is 1.72. The van der Waals surface area contributed by atoms with Gasteiger partial charge in [-0.1, -0.05) is 0 Å². The van der Waals surface area contributed by atoms with Gasteiger partial charge in [-0.3, -0.25) is 9.59 Å². The highest BCUT2D eigenvalue weighted by Crippen LogP contribution is 2.46. The van der Waals surface area contributed by atoms with Gasteiger partial charge in [0.05, 0.1) is 30.9 Å². The van der Waals surface area contributed by atoms with E-state index in [1.807, 2.05) is 0 Å². The highest BCUT2D eigenvalue weighted by Gasteiger charge is 2.35. The van der Waals surface area contributed by atoms with Crippen molar-refractivity contribution in [1.29, 1.82) is 0 Å². The lowest BCUT2D eigenvalue weighted by Gasteiger charge is -2.16. The summed E-state index contributed by atoms with van der Waals surface area (Å²) >= 11 is 0. The summed E-state index contributed by atoms with van der Waals surface area (Å²) in [5, 5.41) is 10.1. The van der Waals surface area contributed by atoms with Crippen LogP contribution >= 0.6 is 0 Å². The molecule has 2 aromatic carbocycles. The Morgan fingerprint density at radius 1 is 0.935 bits per heavy atom. The number of ether oxygens (including phenoxy) is 4. The average Bonchev–Trinajstić information content (AvgIpc) is 3.36. The van der Waals surface area contributed by atoms with Crippen molar-refractivity contribution in [3.63, 3.8) is 0 Å². The van der Waals surface area contributed by atoms with Gasteiger partial charge in [0.1, 0.15) is 0 Å². The predicted octanol–water partition coefficient (Wildman–Crippen LogP) is 2.73. The topological polar surface area (TPSA) is 96.2 Å². The van der Waals surface area contributed by atoms with Crippen molar-refractivity contribution in [1.82, 2.24) is 4.57 Å². The van der Waals surface area contributed by atoms with E-state index in [0.29, 0.717) is 75.5 Å². The molecule has 0 saturated heterocycles. The smallest absolute Gasteiger partial charge is 0.259 e. The largest absolute Gasteiger partial charge is 0.493 e. The SMILES string of the molecule is COc1cc2c3c(n(CCCCO)c(=O)c2cc1OC)-c1cc2c(cc1C3=O)OCO2. The maximum Gasteiger partial charge on any atom is 0.259 e. The molecule has 31 heavy (non-hydrogen) atoms. The summed E-state index contributed by atoms with van der Waals surface area (Å²) in [6.07, 6.45) is 1.14. The Kier molecular flexibility index (Phi) is 4.59. The number of fused-ring (bicyclic) bond motifs is 6. The number of carbonyl (C=O) groups is 1. The number of nitrogens with zero attached hydrogens (tertiary/aromatic N) is 1. The third-order valence-corrected chi connectivity index (χ3v) is 5.80. The fourth-order valence-electron chi connectivity index (χ4n) is 4.34. The number of hydrogen-bond acceptors (Lipinski definition) is 7. The number of benzene rings is 2. The number of aliphatic hydroxyl groups excluding tert-OH is 1. The second kappa shape index (κ2) is 7.31. The van der Waals surface area contributed by atoms with Crippen molar-refractivity contribution in [3.05, 3.63) is 45.7 Å². The number of unbranched alkanes of at least 4 members (excludes halogenated alkanes) is 1. The molecule has 5 rings (SSSR count). The van der Waals surface area contributed by atoms with Gasteiger partial charge in [-0.05, 0) is 37.1 Å². The van der Waals surface area contributed by atoms with Gasteiger partial charge in [-0.25, -0.2) is 0 Å². The van der Waals surface area contributed by atoms with Crippen molar-refractivity contribution in [3.8, 4) is 34.3 Å². The fourth-order valence-corrected chi connectivity index (χ4v) is 4.34. The van der Waals surface area contributed by atoms with Crippen LogP contribution in [0.2, 0.25) is 0 Å². The number of pyridine rings is 1. The normalized spacial score (nSPS) is 13.5. The molecule has 0 atom stereocenters. The average molecular weight is 423 g/mol. The molecule has 8 nitrogen and oxygen atoms in total. The predicted molar refractivity (Wildman–Crippen MR) is 113 cm³/mol. The molecular formula is C23H21NO7. The van der Waals surface area contributed by atoms with Gasteiger partial charge in [-0.15, -0.1) is 0 Å². The van der Waals surface area contributed by atoms with Crippen LogP contribution in [-0.2, 0) is 6.54 Å². The second-order valence-electron chi connectivity index (χ2n) is 7.44. The molecule has 2 heterocycles. The Morgan fingerprint density at radius 3 is 2.23 bits per heavy atom. The third kappa shape index (κ3) is 2.79. The van der Waals surface area contributed by atoms with Gasteiger partial charge in [0, 0.05) is 29.7 Å². The number of aromatic nitrogens is 1. The van der Waals surface area contributed by atoms with E-state index in [1.54, 1.807) is 28.8 Å². The molecule has 0 saturated carbocycles. The molecule has 0 amide bonds. The van der Waals surface area contributed by atoms with Crippen LogP contribution < -0.4 is 24.5 Å².